The van der Waals surface area contributed by atoms with Gasteiger partial charge in [0.05, 0.1) is 0 Å². The summed E-state index contributed by atoms with van der Waals surface area (Å²) in [4.78, 5) is 43.8. The van der Waals surface area contributed by atoms with Gasteiger partial charge in [0.15, 0.2) is 0 Å². The van der Waals surface area contributed by atoms with E-state index in [0.29, 0.717) is 12.8 Å². The molecule has 0 N–H and O–H groups in total. The molecule has 0 saturated carbocycles. The molecule has 0 fully saturated rings. The molecule has 0 bridgehead atoms. The second-order valence-corrected chi connectivity index (χ2v) is 3.37. The number of esters is 4. The van der Waals surface area contributed by atoms with Crippen molar-refractivity contribution >= 4 is 83.0 Å². The number of rotatable bonds is 6. The Morgan fingerprint density at radius 2 is 1.00 bits per heavy atom. The molecule has 0 aromatic rings. The Labute approximate surface area is 156 Å². The van der Waals surface area contributed by atoms with Gasteiger partial charge in [-0.15, -0.1) is 0 Å². The molecule has 0 aliphatic carbocycles. The molecule has 0 aromatic heterocycles. The van der Waals surface area contributed by atoms with Gasteiger partial charge < -0.3 is 9.47 Å². The molecule has 0 amide bonds. The number of hydrogen-bond acceptors (Lipinski definition) is 6. The van der Waals surface area contributed by atoms with Crippen molar-refractivity contribution in [2.75, 3.05) is 0 Å². The second-order valence-electron chi connectivity index (χ2n) is 3.37. The van der Waals surface area contributed by atoms with E-state index in [9.17, 15) is 19.2 Å². The molecule has 0 rings (SSSR count). The molecular formula is C11H18Na2O6. The van der Waals surface area contributed by atoms with E-state index in [1.165, 1.54) is 0 Å². The molecule has 0 radical (unpaired) electrons. The van der Waals surface area contributed by atoms with Gasteiger partial charge in [0.25, 0.3) is 0 Å². The summed E-state index contributed by atoms with van der Waals surface area (Å²) in [6.07, 6.45) is 0.576. The van der Waals surface area contributed by atoms with Crippen LogP contribution in [0.3, 0.4) is 0 Å². The molecule has 0 saturated heterocycles. The van der Waals surface area contributed by atoms with Crippen LogP contribution in [0.5, 0.6) is 0 Å². The fourth-order valence-corrected chi connectivity index (χ4v) is 0.954. The van der Waals surface area contributed by atoms with Crippen molar-refractivity contribution in [2.24, 2.45) is 0 Å². The van der Waals surface area contributed by atoms with Crippen LogP contribution < -0.4 is 0 Å². The summed E-state index contributed by atoms with van der Waals surface area (Å²) in [5.74, 6) is -3.38. The van der Waals surface area contributed by atoms with Gasteiger partial charge in [-0.2, -0.15) is 0 Å². The third-order valence-electron chi connectivity index (χ3n) is 1.65. The van der Waals surface area contributed by atoms with Gasteiger partial charge in [-0.1, -0.05) is 13.8 Å². The number of ether oxygens (including phenoxy) is 2. The van der Waals surface area contributed by atoms with Gasteiger partial charge in [-0.3, -0.25) is 19.2 Å². The maximum atomic E-state index is 11.0. The van der Waals surface area contributed by atoms with Crippen LogP contribution in [0.15, 0.2) is 0 Å². The van der Waals surface area contributed by atoms with E-state index in [1.54, 1.807) is 13.8 Å². The van der Waals surface area contributed by atoms with Crippen molar-refractivity contribution in [2.45, 2.75) is 46.0 Å². The van der Waals surface area contributed by atoms with Crippen LogP contribution in [-0.4, -0.2) is 83.0 Å². The van der Waals surface area contributed by atoms with E-state index >= 15 is 0 Å². The second kappa shape index (κ2) is 14.7. The van der Waals surface area contributed by atoms with Gasteiger partial charge in [0.1, 0.15) is 6.42 Å². The summed E-state index contributed by atoms with van der Waals surface area (Å²) in [5.41, 5.74) is 0. The zero-order valence-corrected chi connectivity index (χ0v) is 9.99. The van der Waals surface area contributed by atoms with Gasteiger partial charge >= 0.3 is 83.0 Å². The SMILES string of the molecule is CCCC(=O)OC(=O)CC(=O)OC(=O)CCC.[NaH].[NaH]. The predicted octanol–water partition coefficient (Wildman–Crippen LogP) is -0.181. The quantitative estimate of drug-likeness (QED) is 0.383. The first-order valence-electron chi connectivity index (χ1n) is 5.46. The van der Waals surface area contributed by atoms with Crippen molar-refractivity contribution in [3.05, 3.63) is 0 Å². The maximum absolute atomic E-state index is 11.0. The Kier molecular flexibility index (Phi) is 18.8. The topological polar surface area (TPSA) is 86.7 Å². The zero-order chi connectivity index (χ0) is 13.3. The predicted molar refractivity (Wildman–Crippen MR) is 70.9 cm³/mol. The van der Waals surface area contributed by atoms with Gasteiger partial charge in [-0.05, 0) is 12.8 Å². The van der Waals surface area contributed by atoms with Gasteiger partial charge in [-0.25, -0.2) is 0 Å². The van der Waals surface area contributed by atoms with Gasteiger partial charge in [0, 0.05) is 12.8 Å². The standard InChI is InChI=1S/C11H16O6.2Na.2H/c1-3-5-8(12)16-10(14)7-11(15)17-9(13)6-4-2;;;;/h3-7H2,1-2H3;;;;. The van der Waals surface area contributed by atoms with Crippen LogP contribution in [0.1, 0.15) is 46.0 Å². The molecule has 19 heavy (non-hydrogen) atoms. The molecule has 0 spiro atoms. The summed E-state index contributed by atoms with van der Waals surface area (Å²) in [5, 5.41) is 0. The van der Waals surface area contributed by atoms with E-state index in [0.717, 1.165) is 0 Å². The average Bonchev–Trinajstić information content (AvgIpc) is 2.16. The minimum atomic E-state index is -1.00. The van der Waals surface area contributed by atoms with Crippen molar-refractivity contribution in [3.8, 4) is 0 Å². The summed E-state index contributed by atoms with van der Waals surface area (Å²) in [6.45, 7) is 3.51. The Balaban J connectivity index is -0.00000128. The summed E-state index contributed by atoms with van der Waals surface area (Å²) in [6, 6.07) is 0. The Morgan fingerprint density at radius 3 is 1.26 bits per heavy atom. The normalized spacial score (nSPS) is 8.53. The van der Waals surface area contributed by atoms with Crippen molar-refractivity contribution in [1.29, 1.82) is 0 Å². The molecule has 0 unspecified atom stereocenters. The zero-order valence-electron chi connectivity index (χ0n) is 9.99. The molecular weight excluding hydrogens is 274 g/mol. The monoisotopic (exact) mass is 292 g/mol. The summed E-state index contributed by atoms with van der Waals surface area (Å²) >= 11 is 0. The van der Waals surface area contributed by atoms with Crippen LogP contribution in [0.4, 0.5) is 0 Å². The molecule has 8 heteroatoms. The van der Waals surface area contributed by atoms with E-state index in [4.69, 9.17) is 0 Å². The average molecular weight is 292 g/mol. The molecule has 6 nitrogen and oxygen atoms in total. The van der Waals surface area contributed by atoms with Gasteiger partial charge in [0.2, 0.25) is 0 Å². The first-order valence-corrected chi connectivity index (χ1v) is 5.46. The number of carbonyl (C=O) groups is 4. The van der Waals surface area contributed by atoms with E-state index in [-0.39, 0.29) is 72.0 Å². The molecule has 0 aliphatic heterocycles. The first kappa shape index (κ1) is 24.3. The Bertz CT molecular complexity index is 286. The van der Waals surface area contributed by atoms with E-state index < -0.39 is 30.3 Å². The van der Waals surface area contributed by atoms with Crippen LogP contribution >= 0.6 is 0 Å². The fourth-order valence-electron chi connectivity index (χ4n) is 0.954. The van der Waals surface area contributed by atoms with Crippen molar-refractivity contribution in [1.82, 2.24) is 0 Å². The third kappa shape index (κ3) is 14.5. The number of carbonyl (C=O) groups excluding carboxylic acids is 4. The molecule has 0 aliphatic rings. The molecule has 0 heterocycles. The molecule has 0 aromatic carbocycles. The van der Waals surface area contributed by atoms with E-state index in [1.807, 2.05) is 0 Å². The Morgan fingerprint density at radius 1 is 0.684 bits per heavy atom. The summed E-state index contributed by atoms with van der Waals surface area (Å²) in [7, 11) is 0. The first-order chi connectivity index (χ1) is 7.99. The van der Waals surface area contributed by atoms with Crippen LogP contribution in [-0.2, 0) is 28.7 Å². The fraction of sp³-hybridized carbons (Fsp3) is 0.636. The summed E-state index contributed by atoms with van der Waals surface area (Å²) < 4.78 is 8.63. The minimum absolute atomic E-state index is 0. The molecule has 100 valence electrons. The van der Waals surface area contributed by atoms with Crippen LogP contribution in [0.25, 0.3) is 0 Å². The molecule has 0 atom stereocenters. The van der Waals surface area contributed by atoms with Crippen molar-refractivity contribution in [3.63, 3.8) is 0 Å². The van der Waals surface area contributed by atoms with Crippen LogP contribution in [0.2, 0.25) is 0 Å². The Hall–Kier alpha value is 0.280. The van der Waals surface area contributed by atoms with E-state index in [2.05, 4.69) is 9.47 Å². The third-order valence-corrected chi connectivity index (χ3v) is 1.65. The van der Waals surface area contributed by atoms with Crippen molar-refractivity contribution < 1.29 is 28.7 Å². The van der Waals surface area contributed by atoms with Crippen LogP contribution in [0, 0.1) is 0 Å². The number of hydrogen-bond donors (Lipinski definition) is 0.